The van der Waals surface area contributed by atoms with Gasteiger partial charge in [0.05, 0.1) is 0 Å². The van der Waals surface area contributed by atoms with Gasteiger partial charge in [-0.2, -0.15) is 0 Å². The molecule has 8 heteroatoms. The molecule has 0 saturated carbocycles. The number of nitrogens with zero attached hydrogens (tertiary/aromatic N) is 5. The van der Waals surface area contributed by atoms with Crippen molar-refractivity contribution in [3.8, 4) is 0 Å². The average molecular weight is 457 g/mol. The number of aryl methyl sites for hydroxylation is 1. The minimum absolute atomic E-state index is 0.00653. The highest BCUT2D eigenvalue weighted by Gasteiger charge is 2.24. The Morgan fingerprint density at radius 3 is 2.29 bits per heavy atom. The van der Waals surface area contributed by atoms with E-state index in [2.05, 4.69) is 26.3 Å². The zero-order chi connectivity index (χ0) is 23.3. The van der Waals surface area contributed by atoms with E-state index >= 15 is 0 Å². The highest BCUT2D eigenvalue weighted by Crippen LogP contribution is 2.27. The van der Waals surface area contributed by atoms with Crippen molar-refractivity contribution in [3.63, 3.8) is 0 Å². The van der Waals surface area contributed by atoms with Crippen LogP contribution < -0.4 is 15.1 Å². The lowest BCUT2D eigenvalue weighted by Crippen LogP contribution is -2.49. The van der Waals surface area contributed by atoms with Crippen molar-refractivity contribution in [2.45, 2.75) is 19.3 Å². The molecule has 34 heavy (non-hydrogen) atoms. The first kappa shape index (κ1) is 21.9. The summed E-state index contributed by atoms with van der Waals surface area (Å²) in [5, 5.41) is 2.99. The fraction of sp³-hybridized carbons (Fsp3) is 0.308. The molecule has 1 aromatic heterocycles. The number of rotatable bonds is 3. The number of aromatic nitrogens is 2. The van der Waals surface area contributed by atoms with Gasteiger partial charge in [-0.1, -0.05) is 18.2 Å². The van der Waals surface area contributed by atoms with Crippen molar-refractivity contribution in [2.75, 3.05) is 47.8 Å². The first-order chi connectivity index (χ1) is 16.7. The van der Waals surface area contributed by atoms with E-state index in [1.54, 1.807) is 42.7 Å². The number of benzene rings is 2. The standard InChI is InChI=1S/C26H28N6O2/c33-24(30-16-18-31(19-17-30)25-27-13-5-14-28-25)21-9-11-22(12-10-21)29-26(34)32-15-4-3-7-20-6-1-2-8-23(20)32/h1-2,5-6,8-14H,3-4,7,15-19H2,(H,29,34). The van der Waals surface area contributed by atoms with Crippen molar-refractivity contribution < 1.29 is 9.59 Å². The molecule has 8 nitrogen and oxygen atoms in total. The number of carbonyl (C=O) groups is 2. The Morgan fingerprint density at radius 2 is 1.53 bits per heavy atom. The quantitative estimate of drug-likeness (QED) is 0.648. The Labute approximate surface area is 199 Å². The Bertz CT molecular complexity index is 1140. The molecule has 0 bridgehead atoms. The third-order valence-corrected chi connectivity index (χ3v) is 6.39. The maximum Gasteiger partial charge on any atom is 0.326 e. The third-order valence-electron chi connectivity index (χ3n) is 6.39. The van der Waals surface area contributed by atoms with Gasteiger partial charge in [0.15, 0.2) is 0 Å². The Kier molecular flexibility index (Phi) is 6.38. The van der Waals surface area contributed by atoms with Gasteiger partial charge in [0, 0.05) is 62.1 Å². The summed E-state index contributed by atoms with van der Waals surface area (Å²) in [5.74, 6) is 0.690. The molecule has 0 unspecified atom stereocenters. The predicted octanol–water partition coefficient (Wildman–Crippen LogP) is 3.81. The molecule has 0 aliphatic carbocycles. The number of anilines is 3. The van der Waals surface area contributed by atoms with Gasteiger partial charge in [-0.15, -0.1) is 0 Å². The van der Waals surface area contributed by atoms with Crippen LogP contribution in [0.2, 0.25) is 0 Å². The number of para-hydroxylation sites is 1. The summed E-state index contributed by atoms with van der Waals surface area (Å²) >= 11 is 0. The van der Waals surface area contributed by atoms with Crippen LogP contribution in [0.3, 0.4) is 0 Å². The lowest BCUT2D eigenvalue weighted by molar-refractivity contribution is 0.0746. The maximum absolute atomic E-state index is 13.0. The number of hydrogen-bond donors (Lipinski definition) is 1. The van der Waals surface area contributed by atoms with Crippen molar-refractivity contribution >= 4 is 29.3 Å². The summed E-state index contributed by atoms with van der Waals surface area (Å²) in [6.45, 7) is 3.32. The van der Waals surface area contributed by atoms with Crippen LogP contribution in [0.4, 0.5) is 22.1 Å². The van der Waals surface area contributed by atoms with Gasteiger partial charge in [-0.3, -0.25) is 9.69 Å². The van der Waals surface area contributed by atoms with E-state index in [-0.39, 0.29) is 11.9 Å². The van der Waals surface area contributed by atoms with Crippen LogP contribution in [0.15, 0.2) is 67.0 Å². The Morgan fingerprint density at radius 1 is 0.794 bits per heavy atom. The van der Waals surface area contributed by atoms with E-state index in [4.69, 9.17) is 0 Å². The third kappa shape index (κ3) is 4.71. The Balaban J connectivity index is 1.20. The van der Waals surface area contributed by atoms with E-state index in [1.807, 2.05) is 28.0 Å². The van der Waals surface area contributed by atoms with E-state index < -0.39 is 0 Å². The van der Waals surface area contributed by atoms with Crippen LogP contribution in [0.25, 0.3) is 0 Å². The number of hydrogen-bond acceptors (Lipinski definition) is 5. The number of carbonyl (C=O) groups excluding carboxylic acids is 2. The second kappa shape index (κ2) is 9.91. The molecule has 1 N–H and O–H groups in total. The number of nitrogens with one attached hydrogen (secondary N) is 1. The van der Waals surface area contributed by atoms with Crippen molar-refractivity contribution in [2.24, 2.45) is 0 Å². The van der Waals surface area contributed by atoms with E-state index in [0.717, 1.165) is 24.9 Å². The molecule has 2 aromatic carbocycles. The topological polar surface area (TPSA) is 81.7 Å². The first-order valence-electron chi connectivity index (χ1n) is 11.8. The van der Waals surface area contributed by atoms with E-state index in [0.29, 0.717) is 49.9 Å². The minimum Gasteiger partial charge on any atom is -0.337 e. The number of fused-ring (bicyclic) bond motifs is 1. The van der Waals surface area contributed by atoms with E-state index in [9.17, 15) is 9.59 Å². The van der Waals surface area contributed by atoms with E-state index in [1.165, 1.54) is 5.56 Å². The van der Waals surface area contributed by atoms with Gasteiger partial charge >= 0.3 is 6.03 Å². The lowest BCUT2D eigenvalue weighted by Gasteiger charge is -2.34. The van der Waals surface area contributed by atoms with Crippen molar-refractivity contribution in [1.29, 1.82) is 0 Å². The smallest absolute Gasteiger partial charge is 0.326 e. The van der Waals surface area contributed by atoms with Crippen LogP contribution in [0.1, 0.15) is 28.8 Å². The van der Waals surface area contributed by atoms with Gasteiger partial charge in [0.2, 0.25) is 5.95 Å². The van der Waals surface area contributed by atoms with Crippen molar-refractivity contribution in [1.82, 2.24) is 14.9 Å². The Hall–Kier alpha value is -3.94. The molecule has 5 rings (SSSR count). The van der Waals surface area contributed by atoms with Crippen LogP contribution in [-0.4, -0.2) is 59.5 Å². The first-order valence-corrected chi connectivity index (χ1v) is 11.8. The van der Waals surface area contributed by atoms with Crippen LogP contribution in [0, 0.1) is 0 Å². The highest BCUT2D eigenvalue weighted by atomic mass is 16.2. The summed E-state index contributed by atoms with van der Waals surface area (Å²) in [4.78, 5) is 40.3. The van der Waals surface area contributed by atoms with Gasteiger partial charge in [0.1, 0.15) is 0 Å². The largest absolute Gasteiger partial charge is 0.337 e. The molecule has 1 saturated heterocycles. The minimum atomic E-state index is -0.146. The van der Waals surface area contributed by atoms with Gasteiger partial charge < -0.3 is 15.1 Å². The second-order valence-corrected chi connectivity index (χ2v) is 8.57. The predicted molar refractivity (Wildman–Crippen MR) is 132 cm³/mol. The highest BCUT2D eigenvalue weighted by molar-refractivity contribution is 6.02. The molecule has 1 fully saturated rings. The zero-order valence-corrected chi connectivity index (χ0v) is 19.1. The fourth-order valence-electron chi connectivity index (χ4n) is 4.54. The average Bonchev–Trinajstić information content (AvgIpc) is 3.12. The van der Waals surface area contributed by atoms with Crippen LogP contribution in [0.5, 0.6) is 0 Å². The molecule has 0 spiro atoms. The summed E-state index contributed by atoms with van der Waals surface area (Å²) in [5.41, 5.74) is 3.47. The summed E-state index contributed by atoms with van der Waals surface area (Å²) in [6, 6.07) is 16.9. The number of piperazine rings is 1. The second-order valence-electron chi connectivity index (χ2n) is 8.57. The molecule has 2 aliphatic rings. The summed E-state index contributed by atoms with van der Waals surface area (Å²) in [7, 11) is 0. The molecular formula is C26H28N6O2. The van der Waals surface area contributed by atoms with Gasteiger partial charge in [-0.05, 0) is 61.2 Å². The number of amides is 3. The van der Waals surface area contributed by atoms with Gasteiger partial charge in [-0.25, -0.2) is 14.8 Å². The molecule has 174 valence electrons. The molecule has 0 atom stereocenters. The molecule has 3 amide bonds. The number of urea groups is 1. The lowest BCUT2D eigenvalue weighted by atomic mass is 10.1. The molecular weight excluding hydrogens is 428 g/mol. The zero-order valence-electron chi connectivity index (χ0n) is 19.1. The SMILES string of the molecule is O=C(c1ccc(NC(=O)N2CCCCc3ccccc32)cc1)N1CCN(c2ncccn2)CC1. The van der Waals surface area contributed by atoms with Gasteiger partial charge in [0.25, 0.3) is 5.91 Å². The van der Waals surface area contributed by atoms with Crippen LogP contribution >= 0.6 is 0 Å². The fourth-order valence-corrected chi connectivity index (χ4v) is 4.54. The van der Waals surface area contributed by atoms with Crippen LogP contribution in [-0.2, 0) is 6.42 Å². The summed E-state index contributed by atoms with van der Waals surface area (Å²) < 4.78 is 0. The molecule has 2 aliphatic heterocycles. The molecule has 0 radical (unpaired) electrons. The molecule has 3 aromatic rings. The summed E-state index contributed by atoms with van der Waals surface area (Å²) in [6.07, 6.45) is 6.49. The molecule has 3 heterocycles. The maximum atomic E-state index is 13.0. The monoisotopic (exact) mass is 456 g/mol. The normalized spacial score (nSPS) is 15.9. The van der Waals surface area contributed by atoms with Crippen molar-refractivity contribution in [3.05, 3.63) is 78.1 Å².